The standard InChI is InChI=1S/C12H24N2O/c15-9-1-6-13-12-4-7-14(8-5-12)10-11-2-3-11/h11-13,15H,1-10H2. The summed E-state index contributed by atoms with van der Waals surface area (Å²) in [6.07, 6.45) is 6.40. The molecule has 1 heterocycles. The lowest BCUT2D eigenvalue weighted by Gasteiger charge is -2.32. The third kappa shape index (κ3) is 4.09. The molecule has 0 amide bonds. The predicted octanol–water partition coefficient (Wildman–Crippen LogP) is 0.833. The van der Waals surface area contributed by atoms with Gasteiger partial charge in [-0.25, -0.2) is 0 Å². The largest absolute Gasteiger partial charge is 0.396 e. The van der Waals surface area contributed by atoms with E-state index in [1.165, 1.54) is 45.3 Å². The van der Waals surface area contributed by atoms with E-state index in [1.54, 1.807) is 0 Å². The van der Waals surface area contributed by atoms with Crippen molar-refractivity contribution in [2.45, 2.75) is 38.1 Å². The van der Waals surface area contributed by atoms with Crippen LogP contribution in [-0.2, 0) is 0 Å². The third-order valence-electron chi connectivity index (χ3n) is 3.57. The van der Waals surface area contributed by atoms with Gasteiger partial charge in [-0.05, 0) is 57.7 Å². The average molecular weight is 212 g/mol. The Hall–Kier alpha value is -0.120. The summed E-state index contributed by atoms with van der Waals surface area (Å²) in [5.41, 5.74) is 0. The highest BCUT2D eigenvalue weighted by Crippen LogP contribution is 2.30. The fourth-order valence-electron chi connectivity index (χ4n) is 2.37. The summed E-state index contributed by atoms with van der Waals surface area (Å²) in [5.74, 6) is 1.03. The Morgan fingerprint density at radius 1 is 1.13 bits per heavy atom. The molecule has 15 heavy (non-hydrogen) atoms. The molecule has 0 spiro atoms. The number of hydrogen-bond acceptors (Lipinski definition) is 3. The van der Waals surface area contributed by atoms with Crippen molar-refractivity contribution in [1.29, 1.82) is 0 Å². The molecule has 0 radical (unpaired) electrons. The van der Waals surface area contributed by atoms with Crippen molar-refractivity contribution < 1.29 is 5.11 Å². The molecule has 3 heteroatoms. The Bertz CT molecular complexity index is 174. The molecule has 1 aliphatic carbocycles. The van der Waals surface area contributed by atoms with Gasteiger partial charge in [0.25, 0.3) is 0 Å². The molecule has 0 aromatic heterocycles. The second kappa shape index (κ2) is 5.83. The molecule has 0 atom stereocenters. The highest BCUT2D eigenvalue weighted by Gasteiger charge is 2.26. The van der Waals surface area contributed by atoms with Crippen LogP contribution in [0.4, 0.5) is 0 Å². The number of nitrogens with one attached hydrogen (secondary N) is 1. The van der Waals surface area contributed by atoms with Gasteiger partial charge in [-0.2, -0.15) is 0 Å². The normalized spacial score (nSPS) is 24.6. The van der Waals surface area contributed by atoms with Crippen LogP contribution in [0.15, 0.2) is 0 Å². The molecule has 1 saturated carbocycles. The predicted molar refractivity (Wildman–Crippen MR) is 61.9 cm³/mol. The van der Waals surface area contributed by atoms with Crippen LogP contribution >= 0.6 is 0 Å². The number of rotatable bonds is 6. The van der Waals surface area contributed by atoms with Gasteiger partial charge in [0.05, 0.1) is 0 Å². The summed E-state index contributed by atoms with van der Waals surface area (Å²) in [7, 11) is 0. The van der Waals surface area contributed by atoms with Crippen LogP contribution in [0.2, 0.25) is 0 Å². The number of nitrogens with zero attached hydrogens (tertiary/aromatic N) is 1. The second-order valence-electron chi connectivity index (χ2n) is 5.05. The number of piperidine rings is 1. The van der Waals surface area contributed by atoms with Gasteiger partial charge in [0.1, 0.15) is 0 Å². The molecule has 2 N–H and O–H groups in total. The van der Waals surface area contributed by atoms with Crippen molar-refractivity contribution in [2.24, 2.45) is 5.92 Å². The fourth-order valence-corrected chi connectivity index (χ4v) is 2.37. The van der Waals surface area contributed by atoms with E-state index in [2.05, 4.69) is 10.2 Å². The quantitative estimate of drug-likeness (QED) is 0.640. The Labute approximate surface area is 92.8 Å². The molecule has 0 aromatic rings. The zero-order valence-corrected chi connectivity index (χ0v) is 9.62. The summed E-state index contributed by atoms with van der Waals surface area (Å²) in [4.78, 5) is 2.63. The number of hydrogen-bond donors (Lipinski definition) is 2. The number of aliphatic hydroxyl groups is 1. The smallest absolute Gasteiger partial charge is 0.0443 e. The van der Waals surface area contributed by atoms with Gasteiger partial charge >= 0.3 is 0 Å². The zero-order valence-electron chi connectivity index (χ0n) is 9.62. The Morgan fingerprint density at radius 2 is 1.87 bits per heavy atom. The number of aliphatic hydroxyl groups excluding tert-OH is 1. The highest BCUT2D eigenvalue weighted by atomic mass is 16.3. The fraction of sp³-hybridized carbons (Fsp3) is 1.00. The molecule has 88 valence electrons. The number of likely N-dealkylation sites (tertiary alicyclic amines) is 1. The minimum Gasteiger partial charge on any atom is -0.396 e. The lowest BCUT2D eigenvalue weighted by Crippen LogP contribution is -2.43. The Morgan fingerprint density at radius 3 is 2.47 bits per heavy atom. The molecule has 0 bridgehead atoms. The van der Waals surface area contributed by atoms with E-state index in [0.717, 1.165) is 18.9 Å². The first-order valence-electron chi connectivity index (χ1n) is 6.45. The summed E-state index contributed by atoms with van der Waals surface area (Å²) >= 11 is 0. The molecule has 0 unspecified atom stereocenters. The van der Waals surface area contributed by atoms with Crippen LogP contribution < -0.4 is 5.32 Å². The van der Waals surface area contributed by atoms with Gasteiger partial charge < -0.3 is 15.3 Å². The molecule has 2 aliphatic rings. The molecule has 3 nitrogen and oxygen atoms in total. The van der Waals surface area contributed by atoms with Gasteiger partial charge in [-0.3, -0.25) is 0 Å². The molecule has 2 rings (SSSR count). The molecular weight excluding hydrogens is 188 g/mol. The molecular formula is C12H24N2O. The van der Waals surface area contributed by atoms with E-state index in [1.807, 2.05) is 0 Å². The second-order valence-corrected chi connectivity index (χ2v) is 5.05. The minimum absolute atomic E-state index is 0.313. The topological polar surface area (TPSA) is 35.5 Å². The molecule has 1 saturated heterocycles. The van der Waals surface area contributed by atoms with Crippen LogP contribution in [0, 0.1) is 5.92 Å². The molecule has 0 aromatic carbocycles. The highest BCUT2D eigenvalue weighted by molar-refractivity contribution is 4.82. The van der Waals surface area contributed by atoms with E-state index in [4.69, 9.17) is 5.11 Å². The van der Waals surface area contributed by atoms with Gasteiger partial charge in [-0.1, -0.05) is 0 Å². The van der Waals surface area contributed by atoms with Gasteiger partial charge in [-0.15, -0.1) is 0 Å². The molecule has 1 aliphatic heterocycles. The van der Waals surface area contributed by atoms with E-state index in [9.17, 15) is 0 Å². The zero-order chi connectivity index (χ0) is 10.5. The van der Waals surface area contributed by atoms with Crippen molar-refractivity contribution in [3.05, 3.63) is 0 Å². The maximum atomic E-state index is 8.70. The lowest BCUT2D eigenvalue weighted by atomic mass is 10.0. The summed E-state index contributed by atoms with van der Waals surface area (Å²) in [6.45, 7) is 5.18. The average Bonchev–Trinajstić information content (AvgIpc) is 3.05. The first kappa shape index (κ1) is 11.4. The van der Waals surface area contributed by atoms with Gasteiger partial charge in [0.15, 0.2) is 0 Å². The van der Waals surface area contributed by atoms with Crippen LogP contribution in [0.3, 0.4) is 0 Å². The SMILES string of the molecule is OCCCNC1CCN(CC2CC2)CC1. The molecule has 2 fully saturated rings. The van der Waals surface area contributed by atoms with Crippen LogP contribution in [-0.4, -0.2) is 48.8 Å². The first-order valence-corrected chi connectivity index (χ1v) is 6.45. The van der Waals surface area contributed by atoms with E-state index in [0.29, 0.717) is 12.6 Å². The van der Waals surface area contributed by atoms with Crippen LogP contribution in [0.1, 0.15) is 32.1 Å². The van der Waals surface area contributed by atoms with Gasteiger partial charge in [0.2, 0.25) is 0 Å². The van der Waals surface area contributed by atoms with Crippen molar-refractivity contribution in [3.63, 3.8) is 0 Å². The lowest BCUT2D eigenvalue weighted by molar-refractivity contribution is 0.189. The third-order valence-corrected chi connectivity index (χ3v) is 3.57. The van der Waals surface area contributed by atoms with Crippen molar-refractivity contribution in [2.75, 3.05) is 32.8 Å². The maximum absolute atomic E-state index is 8.70. The van der Waals surface area contributed by atoms with E-state index >= 15 is 0 Å². The van der Waals surface area contributed by atoms with Crippen molar-refractivity contribution in [1.82, 2.24) is 10.2 Å². The first-order chi connectivity index (χ1) is 7.38. The Balaban J connectivity index is 1.54. The summed E-state index contributed by atoms with van der Waals surface area (Å²) < 4.78 is 0. The van der Waals surface area contributed by atoms with E-state index in [-0.39, 0.29) is 0 Å². The monoisotopic (exact) mass is 212 g/mol. The van der Waals surface area contributed by atoms with Crippen molar-refractivity contribution in [3.8, 4) is 0 Å². The Kier molecular flexibility index (Phi) is 4.42. The van der Waals surface area contributed by atoms with Crippen LogP contribution in [0.25, 0.3) is 0 Å². The van der Waals surface area contributed by atoms with Crippen molar-refractivity contribution >= 4 is 0 Å². The van der Waals surface area contributed by atoms with Crippen LogP contribution in [0.5, 0.6) is 0 Å². The van der Waals surface area contributed by atoms with Gasteiger partial charge in [0, 0.05) is 19.2 Å². The van der Waals surface area contributed by atoms with E-state index < -0.39 is 0 Å². The maximum Gasteiger partial charge on any atom is 0.0443 e. The summed E-state index contributed by atoms with van der Waals surface area (Å²) in [5, 5.41) is 12.2. The minimum atomic E-state index is 0.313. The summed E-state index contributed by atoms with van der Waals surface area (Å²) in [6, 6.07) is 0.701.